The number of nitrogen functional groups attached to an aromatic ring is 1. The van der Waals surface area contributed by atoms with Crippen LogP contribution in [0.25, 0.3) is 17.0 Å². The molecule has 0 fully saturated rings. The molecule has 0 bridgehead atoms. The first-order chi connectivity index (χ1) is 7.34. The molecule has 2 heterocycles. The van der Waals surface area contributed by atoms with Gasteiger partial charge in [-0.25, -0.2) is 4.98 Å². The summed E-state index contributed by atoms with van der Waals surface area (Å²) in [5.74, 6) is 0.549. The number of rotatable bonds is 1. The van der Waals surface area contributed by atoms with E-state index in [-0.39, 0.29) is 0 Å². The van der Waals surface area contributed by atoms with Crippen LogP contribution in [0.1, 0.15) is 0 Å². The minimum atomic E-state index is 0.549. The molecule has 0 saturated heterocycles. The van der Waals surface area contributed by atoms with Crippen LogP contribution in [-0.4, -0.2) is 30.2 Å². The summed E-state index contributed by atoms with van der Waals surface area (Å²) in [7, 11) is 0. The highest BCUT2D eigenvalue weighted by atomic mass is 15.6. The summed E-state index contributed by atoms with van der Waals surface area (Å²) in [4.78, 5) is 7.36. The second kappa shape index (κ2) is 2.77. The molecule has 3 N–H and O–H groups in total. The van der Waals surface area contributed by atoms with Gasteiger partial charge in [0.15, 0.2) is 0 Å². The van der Waals surface area contributed by atoms with Crippen LogP contribution < -0.4 is 5.73 Å². The molecule has 0 aliphatic heterocycles. The average Bonchev–Trinajstić information content (AvgIpc) is 2.86. The molecule has 1 aromatic carbocycles. The molecule has 74 valence electrons. The Labute approximate surface area is 83.9 Å². The second-order valence-corrected chi connectivity index (χ2v) is 3.06. The van der Waals surface area contributed by atoms with Gasteiger partial charge in [0.2, 0.25) is 5.95 Å². The minimum Gasteiger partial charge on any atom is -0.397 e. The van der Waals surface area contributed by atoms with E-state index in [1.54, 1.807) is 6.07 Å². The van der Waals surface area contributed by atoms with Crippen molar-refractivity contribution in [2.75, 3.05) is 5.73 Å². The van der Waals surface area contributed by atoms with Crippen molar-refractivity contribution < 1.29 is 0 Å². The number of H-pyrrole nitrogens is 1. The van der Waals surface area contributed by atoms with E-state index < -0.39 is 0 Å². The molecular formula is C8H7N7. The number of nitrogens with two attached hydrogens (primary N) is 1. The highest BCUT2D eigenvalue weighted by molar-refractivity contribution is 5.87. The quantitative estimate of drug-likeness (QED) is 0.545. The fourth-order valence-corrected chi connectivity index (χ4v) is 1.41. The number of aromatic nitrogens is 6. The third kappa shape index (κ3) is 1.13. The maximum atomic E-state index is 5.78. The number of fused-ring (bicyclic) bond motifs is 1. The molecule has 0 amide bonds. The Balaban J connectivity index is 2.27. The number of hydrogen-bond acceptors (Lipinski definition) is 5. The van der Waals surface area contributed by atoms with Gasteiger partial charge in [0.05, 0.1) is 11.2 Å². The number of aromatic amines is 1. The molecule has 0 aliphatic carbocycles. The lowest BCUT2D eigenvalue weighted by Crippen LogP contribution is -1.96. The highest BCUT2D eigenvalue weighted by Crippen LogP contribution is 2.18. The normalized spacial score (nSPS) is 10.9. The van der Waals surface area contributed by atoms with Crippen molar-refractivity contribution in [3.05, 3.63) is 24.5 Å². The number of benzene rings is 1. The van der Waals surface area contributed by atoms with Crippen molar-refractivity contribution in [2.45, 2.75) is 0 Å². The van der Waals surface area contributed by atoms with Gasteiger partial charge in [0.1, 0.15) is 11.8 Å². The van der Waals surface area contributed by atoms with E-state index in [2.05, 4.69) is 25.5 Å². The van der Waals surface area contributed by atoms with E-state index in [0.717, 1.165) is 11.0 Å². The molecule has 0 spiro atoms. The van der Waals surface area contributed by atoms with Gasteiger partial charge >= 0.3 is 0 Å². The summed E-state index contributed by atoms with van der Waals surface area (Å²) < 4.78 is 1.44. The number of hydrogen-bond donors (Lipinski definition) is 2. The van der Waals surface area contributed by atoms with E-state index >= 15 is 0 Å². The zero-order chi connectivity index (χ0) is 10.3. The van der Waals surface area contributed by atoms with Crippen LogP contribution in [0.2, 0.25) is 0 Å². The van der Waals surface area contributed by atoms with Gasteiger partial charge in [-0.1, -0.05) is 6.07 Å². The van der Waals surface area contributed by atoms with Crippen LogP contribution in [-0.2, 0) is 0 Å². The maximum Gasteiger partial charge on any atom is 0.232 e. The zero-order valence-electron chi connectivity index (χ0n) is 7.62. The summed E-state index contributed by atoms with van der Waals surface area (Å²) in [6.45, 7) is 0. The molecule has 0 radical (unpaired) electrons. The van der Waals surface area contributed by atoms with E-state index in [1.807, 2.05) is 12.1 Å². The number of nitrogens with one attached hydrogen (secondary N) is 1. The van der Waals surface area contributed by atoms with E-state index in [0.29, 0.717) is 11.6 Å². The largest absolute Gasteiger partial charge is 0.397 e. The van der Waals surface area contributed by atoms with Crippen LogP contribution >= 0.6 is 0 Å². The van der Waals surface area contributed by atoms with Gasteiger partial charge in [0, 0.05) is 0 Å². The first kappa shape index (κ1) is 7.92. The Morgan fingerprint density at radius 3 is 3.00 bits per heavy atom. The SMILES string of the molecule is Nc1cccc2[nH]c(-n3cnnn3)nc12. The lowest BCUT2D eigenvalue weighted by Gasteiger charge is -1.90. The topological polar surface area (TPSA) is 98.3 Å². The molecule has 7 heteroatoms. The Kier molecular flexibility index (Phi) is 1.46. The molecule has 2 aromatic heterocycles. The molecule has 7 nitrogen and oxygen atoms in total. The molecule has 15 heavy (non-hydrogen) atoms. The summed E-state index contributed by atoms with van der Waals surface area (Å²) >= 11 is 0. The van der Waals surface area contributed by atoms with Gasteiger partial charge < -0.3 is 10.7 Å². The summed E-state index contributed by atoms with van der Waals surface area (Å²) in [6.07, 6.45) is 1.47. The lowest BCUT2D eigenvalue weighted by molar-refractivity contribution is 0.760. The van der Waals surface area contributed by atoms with Crippen LogP contribution in [0.4, 0.5) is 5.69 Å². The molecular weight excluding hydrogens is 194 g/mol. The van der Waals surface area contributed by atoms with Crippen molar-refractivity contribution in [1.29, 1.82) is 0 Å². The third-order valence-electron chi connectivity index (χ3n) is 2.10. The third-order valence-corrected chi connectivity index (χ3v) is 2.10. The molecule has 0 saturated carbocycles. The number of anilines is 1. The van der Waals surface area contributed by atoms with E-state index in [4.69, 9.17) is 5.73 Å². The van der Waals surface area contributed by atoms with Gasteiger partial charge in [-0.05, 0) is 22.6 Å². The fraction of sp³-hybridized carbons (Fsp3) is 0. The van der Waals surface area contributed by atoms with Crippen molar-refractivity contribution in [2.24, 2.45) is 0 Å². The summed E-state index contributed by atoms with van der Waals surface area (Å²) in [5.41, 5.74) is 7.99. The van der Waals surface area contributed by atoms with Crippen LogP contribution in [0, 0.1) is 0 Å². The Bertz CT molecular complexity index is 595. The molecule has 0 unspecified atom stereocenters. The first-order valence-corrected chi connectivity index (χ1v) is 4.32. The smallest absolute Gasteiger partial charge is 0.232 e. The molecule has 3 aromatic rings. The van der Waals surface area contributed by atoms with Crippen molar-refractivity contribution >= 4 is 16.7 Å². The van der Waals surface area contributed by atoms with Crippen LogP contribution in [0.3, 0.4) is 0 Å². The van der Waals surface area contributed by atoms with Crippen LogP contribution in [0.5, 0.6) is 0 Å². The number of para-hydroxylation sites is 1. The fourth-order valence-electron chi connectivity index (χ4n) is 1.41. The van der Waals surface area contributed by atoms with E-state index in [9.17, 15) is 0 Å². The highest BCUT2D eigenvalue weighted by Gasteiger charge is 2.06. The number of tetrazole rings is 1. The average molecular weight is 201 g/mol. The van der Waals surface area contributed by atoms with Crippen LogP contribution in [0.15, 0.2) is 24.5 Å². The predicted octanol–water partition coefficient (Wildman–Crippen LogP) is 0.121. The molecule has 0 aliphatic rings. The Morgan fingerprint density at radius 2 is 2.27 bits per heavy atom. The zero-order valence-corrected chi connectivity index (χ0v) is 7.62. The minimum absolute atomic E-state index is 0.549. The Morgan fingerprint density at radius 1 is 1.33 bits per heavy atom. The summed E-state index contributed by atoms with van der Waals surface area (Å²) in [6, 6.07) is 5.55. The van der Waals surface area contributed by atoms with Crippen molar-refractivity contribution in [3.63, 3.8) is 0 Å². The van der Waals surface area contributed by atoms with Gasteiger partial charge in [-0.2, -0.15) is 4.68 Å². The number of imidazole rings is 1. The maximum absolute atomic E-state index is 5.78. The first-order valence-electron chi connectivity index (χ1n) is 4.32. The second-order valence-electron chi connectivity index (χ2n) is 3.06. The molecule has 3 rings (SSSR count). The monoisotopic (exact) mass is 201 g/mol. The van der Waals surface area contributed by atoms with Crippen molar-refractivity contribution in [3.8, 4) is 5.95 Å². The molecule has 0 atom stereocenters. The van der Waals surface area contributed by atoms with Gasteiger partial charge in [-0.3, -0.25) is 0 Å². The predicted molar refractivity (Wildman–Crippen MR) is 53.2 cm³/mol. The number of nitrogens with zero attached hydrogens (tertiary/aromatic N) is 5. The van der Waals surface area contributed by atoms with E-state index in [1.165, 1.54) is 11.0 Å². The van der Waals surface area contributed by atoms with Crippen molar-refractivity contribution in [1.82, 2.24) is 30.2 Å². The Hall–Kier alpha value is -2.44. The summed E-state index contributed by atoms with van der Waals surface area (Å²) in [5, 5.41) is 10.8. The van der Waals surface area contributed by atoms with Gasteiger partial charge in [0.25, 0.3) is 0 Å². The standard InChI is InChI=1S/C8H7N7/c9-5-2-1-3-6-7(5)12-8(11-6)15-4-10-13-14-15/h1-4H,9H2,(H,11,12). The van der Waals surface area contributed by atoms with Gasteiger partial charge in [-0.15, -0.1) is 5.10 Å². The lowest BCUT2D eigenvalue weighted by atomic mass is 10.3.